The van der Waals surface area contributed by atoms with Crippen LogP contribution in [0.1, 0.15) is 24.8 Å². The summed E-state index contributed by atoms with van der Waals surface area (Å²) in [5.41, 5.74) is 1.10. The highest BCUT2D eigenvalue weighted by molar-refractivity contribution is 5.84. The van der Waals surface area contributed by atoms with Gasteiger partial charge in [0.2, 0.25) is 5.91 Å². The first kappa shape index (κ1) is 16.4. The highest BCUT2D eigenvalue weighted by Gasteiger charge is 2.41. The van der Waals surface area contributed by atoms with Crippen LogP contribution in [0.3, 0.4) is 0 Å². The highest BCUT2D eigenvalue weighted by Crippen LogP contribution is 2.31. The number of carbonyl (C=O) groups is 1. The maximum absolute atomic E-state index is 12.4. The number of amides is 1. The summed E-state index contributed by atoms with van der Waals surface area (Å²) in [6.45, 7) is 2.11. The summed E-state index contributed by atoms with van der Waals surface area (Å²) < 4.78 is 5.57. The molecule has 1 aliphatic heterocycles. The van der Waals surface area contributed by atoms with Crippen molar-refractivity contribution in [1.29, 1.82) is 0 Å². The maximum atomic E-state index is 12.4. The molecule has 1 aromatic carbocycles. The summed E-state index contributed by atoms with van der Waals surface area (Å²) in [5.74, 6) is 0.229. The Hall–Kier alpha value is -1.43. The van der Waals surface area contributed by atoms with E-state index < -0.39 is 6.10 Å². The monoisotopic (exact) mass is 318 g/mol. The molecule has 1 amide bonds. The van der Waals surface area contributed by atoms with Crippen molar-refractivity contribution in [2.24, 2.45) is 0 Å². The molecule has 2 fully saturated rings. The molecule has 2 unspecified atom stereocenters. The fraction of sp³-hybridized carbons (Fsp3) is 0.611. The molecule has 126 valence electrons. The van der Waals surface area contributed by atoms with E-state index in [9.17, 15) is 9.90 Å². The van der Waals surface area contributed by atoms with Crippen molar-refractivity contribution in [3.63, 3.8) is 0 Å². The molecule has 1 aliphatic carbocycles. The predicted octanol–water partition coefficient (Wildman–Crippen LogP) is 1.26. The van der Waals surface area contributed by atoms with E-state index in [1.165, 1.54) is 0 Å². The number of hydrogen-bond donors (Lipinski definition) is 1. The van der Waals surface area contributed by atoms with Gasteiger partial charge >= 0.3 is 0 Å². The minimum Gasteiger partial charge on any atom is -0.389 e. The molecular formula is C18H26N2O3. The van der Waals surface area contributed by atoms with Gasteiger partial charge in [-0.1, -0.05) is 30.3 Å². The van der Waals surface area contributed by atoms with Crippen molar-refractivity contribution < 1.29 is 14.6 Å². The van der Waals surface area contributed by atoms with E-state index in [0.29, 0.717) is 19.2 Å². The minimum atomic E-state index is -0.577. The van der Waals surface area contributed by atoms with Crippen LogP contribution in [0.25, 0.3) is 0 Å². The maximum Gasteiger partial charge on any atom is 0.240 e. The van der Waals surface area contributed by atoms with Crippen molar-refractivity contribution >= 4 is 5.91 Å². The smallest absolute Gasteiger partial charge is 0.240 e. The lowest BCUT2D eigenvalue weighted by Crippen LogP contribution is -2.44. The van der Waals surface area contributed by atoms with E-state index in [2.05, 4.69) is 0 Å². The molecule has 1 saturated carbocycles. The third-order valence-electron chi connectivity index (χ3n) is 4.65. The molecule has 1 N–H and O–H groups in total. The summed E-state index contributed by atoms with van der Waals surface area (Å²) >= 11 is 0. The quantitative estimate of drug-likeness (QED) is 0.784. The van der Waals surface area contributed by atoms with Crippen LogP contribution in [0.15, 0.2) is 30.3 Å². The lowest BCUT2D eigenvalue weighted by molar-refractivity contribution is -0.132. The first-order valence-corrected chi connectivity index (χ1v) is 8.45. The van der Waals surface area contributed by atoms with Crippen molar-refractivity contribution in [2.45, 2.75) is 44.1 Å². The standard InChI is InChI=1S/C18H26N2O3/c1-19(17-9-10-20(18(17)22)15-7-8-15)11-16(21)13-23-12-14-5-3-2-4-6-14/h2-6,15-17,21H,7-13H2,1H3. The summed E-state index contributed by atoms with van der Waals surface area (Å²) in [6, 6.07) is 10.3. The van der Waals surface area contributed by atoms with Crippen molar-refractivity contribution in [3.05, 3.63) is 35.9 Å². The topological polar surface area (TPSA) is 53.0 Å². The highest BCUT2D eigenvalue weighted by atomic mass is 16.5. The average molecular weight is 318 g/mol. The number of rotatable bonds is 8. The molecule has 5 nitrogen and oxygen atoms in total. The molecule has 2 atom stereocenters. The Morgan fingerprint density at radius 3 is 2.74 bits per heavy atom. The third kappa shape index (κ3) is 4.31. The Labute approximate surface area is 137 Å². The van der Waals surface area contributed by atoms with Crippen molar-refractivity contribution in [3.8, 4) is 0 Å². The van der Waals surface area contributed by atoms with Gasteiger partial charge in [-0.15, -0.1) is 0 Å². The van der Waals surface area contributed by atoms with Crippen molar-refractivity contribution in [2.75, 3.05) is 26.7 Å². The summed E-state index contributed by atoms with van der Waals surface area (Å²) in [7, 11) is 1.92. The van der Waals surface area contributed by atoms with Crippen LogP contribution in [0.4, 0.5) is 0 Å². The fourth-order valence-corrected chi connectivity index (χ4v) is 3.24. The van der Waals surface area contributed by atoms with Crippen LogP contribution in [0, 0.1) is 0 Å². The Morgan fingerprint density at radius 2 is 2.04 bits per heavy atom. The van der Waals surface area contributed by atoms with Gasteiger partial charge in [-0.3, -0.25) is 9.69 Å². The van der Waals surface area contributed by atoms with Crippen LogP contribution >= 0.6 is 0 Å². The molecule has 0 radical (unpaired) electrons. The molecule has 3 rings (SSSR count). The predicted molar refractivity (Wildman–Crippen MR) is 87.9 cm³/mol. The molecule has 0 bridgehead atoms. The minimum absolute atomic E-state index is 0.0839. The molecule has 1 aromatic rings. The summed E-state index contributed by atoms with van der Waals surface area (Å²) in [4.78, 5) is 16.4. The van der Waals surface area contributed by atoms with Crippen LogP contribution in [0.2, 0.25) is 0 Å². The largest absolute Gasteiger partial charge is 0.389 e. The van der Waals surface area contributed by atoms with Gasteiger partial charge in [-0.2, -0.15) is 0 Å². The number of ether oxygens (including phenoxy) is 1. The van der Waals surface area contributed by atoms with Gasteiger partial charge in [0.1, 0.15) is 0 Å². The van der Waals surface area contributed by atoms with Crippen LogP contribution in [0.5, 0.6) is 0 Å². The van der Waals surface area contributed by atoms with E-state index in [1.807, 2.05) is 47.2 Å². The lowest BCUT2D eigenvalue weighted by atomic mass is 10.2. The zero-order chi connectivity index (χ0) is 16.2. The lowest BCUT2D eigenvalue weighted by Gasteiger charge is -2.26. The van der Waals surface area contributed by atoms with E-state index in [4.69, 9.17) is 4.74 Å². The summed E-state index contributed by atoms with van der Waals surface area (Å²) in [5, 5.41) is 10.1. The Kier molecular flexibility index (Phi) is 5.30. The number of hydrogen-bond acceptors (Lipinski definition) is 4. The van der Waals surface area contributed by atoms with Gasteiger partial charge in [-0.05, 0) is 31.9 Å². The van der Waals surface area contributed by atoms with Crippen LogP contribution < -0.4 is 0 Å². The normalized spacial score (nSPS) is 22.8. The van der Waals surface area contributed by atoms with Crippen LogP contribution in [-0.4, -0.2) is 65.7 Å². The van der Waals surface area contributed by atoms with Gasteiger partial charge < -0.3 is 14.7 Å². The van der Waals surface area contributed by atoms with Gasteiger partial charge in [0.05, 0.1) is 25.4 Å². The van der Waals surface area contributed by atoms with Crippen molar-refractivity contribution in [1.82, 2.24) is 9.80 Å². The second-order valence-electron chi connectivity index (χ2n) is 6.66. The van der Waals surface area contributed by atoms with E-state index >= 15 is 0 Å². The number of benzene rings is 1. The second kappa shape index (κ2) is 7.43. The zero-order valence-corrected chi connectivity index (χ0v) is 13.7. The Bertz CT molecular complexity index is 518. The number of carbonyl (C=O) groups excluding carboxylic acids is 1. The molecule has 23 heavy (non-hydrogen) atoms. The number of aliphatic hydroxyl groups is 1. The zero-order valence-electron chi connectivity index (χ0n) is 13.7. The van der Waals surface area contributed by atoms with Gasteiger partial charge in [0.25, 0.3) is 0 Å². The van der Waals surface area contributed by atoms with Gasteiger partial charge in [0, 0.05) is 19.1 Å². The van der Waals surface area contributed by atoms with E-state index in [1.54, 1.807) is 0 Å². The van der Waals surface area contributed by atoms with E-state index in [0.717, 1.165) is 31.4 Å². The Balaban J connectivity index is 1.39. The second-order valence-corrected chi connectivity index (χ2v) is 6.66. The molecular weight excluding hydrogens is 292 g/mol. The Morgan fingerprint density at radius 1 is 1.30 bits per heavy atom. The molecule has 5 heteroatoms. The van der Waals surface area contributed by atoms with Crippen LogP contribution in [-0.2, 0) is 16.1 Å². The first-order valence-electron chi connectivity index (χ1n) is 8.45. The number of likely N-dealkylation sites (tertiary alicyclic amines) is 1. The first-order chi connectivity index (χ1) is 11.1. The molecule has 1 heterocycles. The van der Waals surface area contributed by atoms with Gasteiger partial charge in [0.15, 0.2) is 0 Å². The molecule has 1 saturated heterocycles. The SMILES string of the molecule is CN(CC(O)COCc1ccccc1)C1CCN(C2CC2)C1=O. The molecule has 2 aliphatic rings. The van der Waals surface area contributed by atoms with Gasteiger partial charge in [-0.25, -0.2) is 0 Å². The average Bonchev–Trinajstić information content (AvgIpc) is 3.30. The van der Waals surface area contributed by atoms with E-state index in [-0.39, 0.29) is 18.6 Å². The molecule has 0 aromatic heterocycles. The number of likely N-dealkylation sites (N-methyl/N-ethyl adjacent to an activating group) is 1. The molecule has 0 spiro atoms. The number of nitrogens with zero attached hydrogens (tertiary/aromatic N) is 2. The summed E-state index contributed by atoms with van der Waals surface area (Å²) in [6.07, 6.45) is 2.59. The number of aliphatic hydroxyl groups excluding tert-OH is 1. The fourth-order valence-electron chi connectivity index (χ4n) is 3.24. The third-order valence-corrected chi connectivity index (χ3v) is 4.65.